The molecule has 0 bridgehead atoms. The van der Waals surface area contributed by atoms with Crippen molar-refractivity contribution in [1.82, 2.24) is 0 Å². The first-order valence-corrected chi connectivity index (χ1v) is 6.12. The van der Waals surface area contributed by atoms with Crippen molar-refractivity contribution in [2.75, 3.05) is 20.3 Å². The molecule has 0 radical (unpaired) electrons. The molecule has 108 valence electrons. The third-order valence-electron chi connectivity index (χ3n) is 2.42. The zero-order chi connectivity index (χ0) is 15.0. The fourth-order valence-electron chi connectivity index (χ4n) is 1.52. The number of hydrogen-bond donors (Lipinski definition) is 0. The van der Waals surface area contributed by atoms with E-state index in [9.17, 15) is 9.59 Å². The molecule has 1 aromatic rings. The van der Waals surface area contributed by atoms with E-state index in [1.54, 1.807) is 13.2 Å². The van der Waals surface area contributed by atoms with Gasteiger partial charge in [-0.2, -0.15) is 0 Å². The van der Waals surface area contributed by atoms with Gasteiger partial charge in [0.05, 0.1) is 7.11 Å². The standard InChI is InChI=1S/C15H18O5/c1-11(16)19-9-13(10-20-12(2)17)8-14-6-4-5-7-15(14)18-3/h4-8H,9-10H2,1-3H3. The van der Waals surface area contributed by atoms with Crippen LogP contribution in [0.15, 0.2) is 29.8 Å². The number of esters is 2. The summed E-state index contributed by atoms with van der Waals surface area (Å²) in [6.07, 6.45) is 1.78. The van der Waals surface area contributed by atoms with Crippen molar-refractivity contribution in [3.63, 3.8) is 0 Å². The lowest BCUT2D eigenvalue weighted by Gasteiger charge is -2.10. The van der Waals surface area contributed by atoms with E-state index < -0.39 is 11.9 Å². The van der Waals surface area contributed by atoms with E-state index in [4.69, 9.17) is 14.2 Å². The Balaban J connectivity index is 2.91. The average molecular weight is 278 g/mol. The van der Waals surface area contributed by atoms with Gasteiger partial charge in [-0.1, -0.05) is 18.2 Å². The molecule has 0 spiro atoms. The number of carbonyl (C=O) groups excluding carboxylic acids is 2. The molecule has 0 fully saturated rings. The quantitative estimate of drug-likeness (QED) is 0.746. The number of methoxy groups -OCH3 is 1. The Labute approximate surface area is 118 Å². The summed E-state index contributed by atoms with van der Waals surface area (Å²) in [5.74, 6) is -0.0897. The van der Waals surface area contributed by atoms with Crippen molar-refractivity contribution < 1.29 is 23.8 Å². The first kappa shape index (κ1) is 15.8. The lowest BCUT2D eigenvalue weighted by Crippen LogP contribution is -2.10. The van der Waals surface area contributed by atoms with Crippen molar-refractivity contribution >= 4 is 18.0 Å². The van der Waals surface area contributed by atoms with Crippen LogP contribution in [0.25, 0.3) is 6.08 Å². The monoisotopic (exact) mass is 278 g/mol. The van der Waals surface area contributed by atoms with Crippen LogP contribution in [-0.2, 0) is 19.1 Å². The van der Waals surface area contributed by atoms with E-state index in [-0.39, 0.29) is 13.2 Å². The van der Waals surface area contributed by atoms with Crippen molar-refractivity contribution in [2.45, 2.75) is 13.8 Å². The van der Waals surface area contributed by atoms with Gasteiger partial charge in [0.1, 0.15) is 19.0 Å². The highest BCUT2D eigenvalue weighted by molar-refractivity contribution is 5.68. The molecular weight excluding hydrogens is 260 g/mol. The second kappa shape index (κ2) is 7.99. The van der Waals surface area contributed by atoms with Crippen molar-refractivity contribution in [1.29, 1.82) is 0 Å². The minimum atomic E-state index is -0.390. The molecule has 0 saturated heterocycles. The van der Waals surface area contributed by atoms with Crippen LogP contribution in [0.4, 0.5) is 0 Å². The number of para-hydroxylation sites is 1. The lowest BCUT2D eigenvalue weighted by molar-refractivity contribution is -0.141. The molecule has 0 unspecified atom stereocenters. The fourth-order valence-corrected chi connectivity index (χ4v) is 1.52. The van der Waals surface area contributed by atoms with Crippen LogP contribution in [0.5, 0.6) is 5.75 Å². The van der Waals surface area contributed by atoms with Gasteiger partial charge < -0.3 is 14.2 Å². The molecule has 0 aliphatic carbocycles. The van der Waals surface area contributed by atoms with Crippen LogP contribution in [0.1, 0.15) is 19.4 Å². The summed E-state index contributed by atoms with van der Waals surface area (Å²) < 4.78 is 15.1. The van der Waals surface area contributed by atoms with E-state index in [1.807, 2.05) is 24.3 Å². The SMILES string of the molecule is COc1ccccc1C=C(COC(C)=O)COC(C)=O. The molecule has 0 aliphatic heterocycles. The summed E-state index contributed by atoms with van der Waals surface area (Å²) >= 11 is 0. The molecule has 5 nitrogen and oxygen atoms in total. The predicted molar refractivity (Wildman–Crippen MR) is 74.2 cm³/mol. The Morgan fingerprint density at radius 1 is 1.05 bits per heavy atom. The highest BCUT2D eigenvalue weighted by Gasteiger charge is 2.06. The van der Waals surface area contributed by atoms with Crippen molar-refractivity contribution in [3.8, 4) is 5.75 Å². The van der Waals surface area contributed by atoms with Crippen molar-refractivity contribution in [3.05, 3.63) is 35.4 Å². The summed E-state index contributed by atoms with van der Waals surface area (Å²) in [6.45, 7) is 2.79. The summed E-state index contributed by atoms with van der Waals surface area (Å²) in [5.41, 5.74) is 1.49. The van der Waals surface area contributed by atoms with Crippen LogP contribution in [0.2, 0.25) is 0 Å². The summed E-state index contributed by atoms with van der Waals surface area (Å²) in [6, 6.07) is 7.40. The van der Waals surface area contributed by atoms with Gasteiger partial charge in [-0.15, -0.1) is 0 Å². The lowest BCUT2D eigenvalue weighted by atomic mass is 10.1. The number of hydrogen-bond acceptors (Lipinski definition) is 5. The summed E-state index contributed by atoms with van der Waals surface area (Å²) in [5, 5.41) is 0. The Hall–Kier alpha value is -2.30. The highest BCUT2D eigenvalue weighted by atomic mass is 16.5. The van der Waals surface area contributed by atoms with Gasteiger partial charge in [0.25, 0.3) is 0 Å². The van der Waals surface area contributed by atoms with Gasteiger partial charge in [-0.25, -0.2) is 0 Å². The molecule has 5 heteroatoms. The largest absolute Gasteiger partial charge is 0.496 e. The van der Waals surface area contributed by atoms with E-state index in [0.717, 1.165) is 5.56 Å². The second-order valence-electron chi connectivity index (χ2n) is 4.11. The zero-order valence-electron chi connectivity index (χ0n) is 11.8. The smallest absolute Gasteiger partial charge is 0.302 e. The maximum Gasteiger partial charge on any atom is 0.302 e. The van der Waals surface area contributed by atoms with Crippen LogP contribution >= 0.6 is 0 Å². The third kappa shape index (κ3) is 5.56. The summed E-state index contributed by atoms with van der Waals surface area (Å²) in [4.78, 5) is 21.8. The third-order valence-corrected chi connectivity index (χ3v) is 2.42. The Morgan fingerprint density at radius 3 is 2.10 bits per heavy atom. The van der Waals surface area contributed by atoms with E-state index in [1.165, 1.54) is 13.8 Å². The first-order chi connectivity index (χ1) is 9.52. The van der Waals surface area contributed by atoms with E-state index >= 15 is 0 Å². The van der Waals surface area contributed by atoms with Gasteiger partial charge >= 0.3 is 11.9 Å². The van der Waals surface area contributed by atoms with Gasteiger partial charge in [0.2, 0.25) is 0 Å². The molecule has 1 aromatic carbocycles. The Morgan fingerprint density at radius 2 is 1.60 bits per heavy atom. The van der Waals surface area contributed by atoms with Crippen LogP contribution in [0, 0.1) is 0 Å². The minimum Gasteiger partial charge on any atom is -0.496 e. The fraction of sp³-hybridized carbons (Fsp3) is 0.333. The maximum atomic E-state index is 10.9. The summed E-state index contributed by atoms with van der Waals surface area (Å²) in [7, 11) is 1.57. The maximum absolute atomic E-state index is 10.9. The highest BCUT2D eigenvalue weighted by Crippen LogP contribution is 2.20. The van der Waals surface area contributed by atoms with E-state index in [0.29, 0.717) is 11.3 Å². The molecule has 0 saturated carbocycles. The molecule has 20 heavy (non-hydrogen) atoms. The molecule has 0 heterocycles. The van der Waals surface area contributed by atoms with E-state index in [2.05, 4.69) is 0 Å². The molecule has 0 aliphatic rings. The van der Waals surface area contributed by atoms with Gasteiger partial charge in [-0.3, -0.25) is 9.59 Å². The second-order valence-corrected chi connectivity index (χ2v) is 4.11. The molecule has 0 N–H and O–H groups in total. The number of benzene rings is 1. The molecule has 1 rings (SSSR count). The number of carbonyl (C=O) groups is 2. The van der Waals surface area contributed by atoms with Crippen LogP contribution in [-0.4, -0.2) is 32.3 Å². The van der Waals surface area contributed by atoms with Crippen LogP contribution in [0.3, 0.4) is 0 Å². The molecular formula is C15H18O5. The first-order valence-electron chi connectivity index (χ1n) is 6.12. The predicted octanol–water partition coefficient (Wildman–Crippen LogP) is 2.20. The van der Waals surface area contributed by atoms with Gasteiger partial charge in [-0.05, 0) is 12.1 Å². The van der Waals surface area contributed by atoms with Crippen LogP contribution < -0.4 is 4.74 Å². The van der Waals surface area contributed by atoms with Gasteiger partial charge in [0.15, 0.2) is 0 Å². The van der Waals surface area contributed by atoms with Gasteiger partial charge in [0, 0.05) is 25.0 Å². The van der Waals surface area contributed by atoms with Crippen molar-refractivity contribution in [2.24, 2.45) is 0 Å². The molecule has 0 aromatic heterocycles. The zero-order valence-corrected chi connectivity index (χ0v) is 11.8. The Bertz CT molecular complexity index is 485. The Kier molecular flexibility index (Phi) is 6.29. The average Bonchev–Trinajstić information content (AvgIpc) is 2.42. The molecule has 0 amide bonds. The minimum absolute atomic E-state index is 0.0701. The topological polar surface area (TPSA) is 61.8 Å². The molecule has 0 atom stereocenters. The normalized spacial score (nSPS) is 9.55. The number of ether oxygens (including phenoxy) is 3. The number of rotatable bonds is 6.